The van der Waals surface area contributed by atoms with Gasteiger partial charge in [0.05, 0.1) is 7.11 Å². The van der Waals surface area contributed by atoms with E-state index in [-0.39, 0.29) is 17.2 Å². The van der Waals surface area contributed by atoms with Crippen LogP contribution in [-0.2, 0) is 4.79 Å². The molecule has 0 radical (unpaired) electrons. The first-order chi connectivity index (χ1) is 12.6. The fourth-order valence-electron chi connectivity index (χ4n) is 4.04. The average Bonchev–Trinajstić information content (AvgIpc) is 3.25. The molecule has 0 unspecified atom stereocenters. The lowest BCUT2D eigenvalue weighted by molar-refractivity contribution is -0.117. The Morgan fingerprint density at radius 2 is 1.77 bits per heavy atom. The minimum Gasteiger partial charge on any atom is -0.497 e. The summed E-state index contributed by atoms with van der Waals surface area (Å²) in [7, 11) is 1.63. The van der Waals surface area contributed by atoms with Crippen molar-refractivity contribution in [3.05, 3.63) is 60.2 Å². The van der Waals surface area contributed by atoms with Crippen LogP contribution < -0.4 is 9.64 Å². The number of hydrogen-bond acceptors (Lipinski definition) is 3. The van der Waals surface area contributed by atoms with E-state index < -0.39 is 0 Å². The molecule has 2 aliphatic rings. The molecule has 0 N–H and O–H groups in total. The fraction of sp³-hybridized carbons (Fsp3) is 0.333. The lowest BCUT2D eigenvalue weighted by atomic mass is 9.86. The first-order valence-electron chi connectivity index (χ1n) is 8.89. The van der Waals surface area contributed by atoms with Crippen molar-refractivity contribution in [1.82, 2.24) is 4.90 Å². The smallest absolute Gasteiger partial charge is 0.253 e. The normalized spacial score (nSPS) is 22.3. The van der Waals surface area contributed by atoms with E-state index in [2.05, 4.69) is 0 Å². The Bertz CT molecular complexity index is 819. The molecule has 2 aliphatic heterocycles. The van der Waals surface area contributed by atoms with Gasteiger partial charge in [-0.25, -0.2) is 0 Å². The second-order valence-electron chi connectivity index (χ2n) is 7.20. The number of likely N-dealkylation sites (tertiary alicyclic amines) is 1. The van der Waals surface area contributed by atoms with E-state index in [1.807, 2.05) is 64.4 Å². The maximum Gasteiger partial charge on any atom is 0.253 e. The molecule has 0 aliphatic carbocycles. The third kappa shape index (κ3) is 2.94. The number of carbonyl (C=O) groups is 2. The number of anilines is 1. The summed E-state index contributed by atoms with van der Waals surface area (Å²) >= 11 is 0. The van der Waals surface area contributed by atoms with Crippen molar-refractivity contribution in [3.63, 3.8) is 0 Å². The summed E-state index contributed by atoms with van der Waals surface area (Å²) in [5.41, 5.74) is 1.46. The molecule has 134 valence electrons. The van der Waals surface area contributed by atoms with Crippen molar-refractivity contribution in [3.8, 4) is 5.75 Å². The van der Waals surface area contributed by atoms with Crippen LogP contribution in [0.1, 0.15) is 23.2 Å². The summed E-state index contributed by atoms with van der Waals surface area (Å²) in [6.45, 7) is 2.01. The number of benzene rings is 2. The van der Waals surface area contributed by atoms with Crippen LogP contribution in [0.15, 0.2) is 54.6 Å². The first kappa shape index (κ1) is 16.6. The van der Waals surface area contributed by atoms with Crippen molar-refractivity contribution in [2.75, 3.05) is 31.6 Å². The molecule has 26 heavy (non-hydrogen) atoms. The highest BCUT2D eigenvalue weighted by molar-refractivity contribution is 5.97. The number of ether oxygens (including phenoxy) is 1. The molecule has 0 bridgehead atoms. The Morgan fingerprint density at radius 3 is 2.46 bits per heavy atom. The van der Waals surface area contributed by atoms with E-state index in [1.54, 1.807) is 7.11 Å². The Hall–Kier alpha value is -2.82. The van der Waals surface area contributed by atoms with Crippen molar-refractivity contribution in [2.45, 2.75) is 12.8 Å². The second kappa shape index (κ2) is 6.48. The number of amides is 2. The van der Waals surface area contributed by atoms with Crippen molar-refractivity contribution in [2.24, 2.45) is 5.41 Å². The van der Waals surface area contributed by atoms with E-state index in [9.17, 15) is 9.59 Å². The molecule has 1 spiro atoms. The molecule has 2 fully saturated rings. The Kier molecular flexibility index (Phi) is 4.15. The molecule has 2 aromatic rings. The Morgan fingerprint density at radius 1 is 1.04 bits per heavy atom. The number of methoxy groups -OCH3 is 1. The number of carbonyl (C=O) groups excluding carboxylic acids is 2. The van der Waals surface area contributed by atoms with E-state index in [0.29, 0.717) is 31.6 Å². The van der Waals surface area contributed by atoms with Crippen LogP contribution in [-0.4, -0.2) is 43.5 Å². The van der Waals surface area contributed by atoms with Gasteiger partial charge in [-0.1, -0.05) is 18.2 Å². The van der Waals surface area contributed by atoms with Crippen LogP contribution in [0.3, 0.4) is 0 Å². The molecular formula is C21H22N2O3. The summed E-state index contributed by atoms with van der Waals surface area (Å²) in [6.07, 6.45) is 1.36. The lowest BCUT2D eigenvalue weighted by Gasteiger charge is -2.24. The second-order valence-corrected chi connectivity index (χ2v) is 7.20. The van der Waals surface area contributed by atoms with E-state index in [1.165, 1.54) is 0 Å². The molecule has 5 heteroatoms. The van der Waals surface area contributed by atoms with Crippen LogP contribution in [0.4, 0.5) is 5.69 Å². The third-order valence-corrected chi connectivity index (χ3v) is 5.45. The molecule has 2 aromatic carbocycles. The van der Waals surface area contributed by atoms with E-state index in [4.69, 9.17) is 4.74 Å². The number of hydrogen-bond donors (Lipinski definition) is 0. The minimum atomic E-state index is -0.137. The van der Waals surface area contributed by atoms with Gasteiger partial charge in [-0.2, -0.15) is 0 Å². The van der Waals surface area contributed by atoms with E-state index >= 15 is 0 Å². The van der Waals surface area contributed by atoms with Crippen LogP contribution in [0.2, 0.25) is 0 Å². The quantitative estimate of drug-likeness (QED) is 0.855. The minimum absolute atomic E-state index is 0.0535. The highest BCUT2D eigenvalue weighted by Gasteiger charge is 2.48. The highest BCUT2D eigenvalue weighted by atomic mass is 16.5. The molecule has 0 saturated carbocycles. The van der Waals surface area contributed by atoms with Gasteiger partial charge in [-0.15, -0.1) is 0 Å². The average molecular weight is 350 g/mol. The maximum absolute atomic E-state index is 12.7. The zero-order valence-corrected chi connectivity index (χ0v) is 14.9. The zero-order chi connectivity index (χ0) is 18.1. The highest BCUT2D eigenvalue weighted by Crippen LogP contribution is 2.42. The van der Waals surface area contributed by atoms with Crippen LogP contribution in [0.25, 0.3) is 0 Å². The van der Waals surface area contributed by atoms with E-state index in [0.717, 1.165) is 17.9 Å². The van der Waals surface area contributed by atoms with Gasteiger partial charge < -0.3 is 14.5 Å². The standard InChI is InChI=1S/C21H22N2O3/c1-26-18-9-7-17(8-10-18)23-15-21(13-19(23)24)11-12-22(14-21)20(25)16-5-3-2-4-6-16/h2-10H,11-15H2,1H3/t21-/m1/s1. The number of rotatable bonds is 3. The molecule has 2 amide bonds. The summed E-state index contributed by atoms with van der Waals surface area (Å²) in [6, 6.07) is 16.9. The van der Waals surface area contributed by atoms with Crippen LogP contribution in [0, 0.1) is 5.41 Å². The lowest BCUT2D eigenvalue weighted by Crippen LogP contribution is -2.34. The van der Waals surface area contributed by atoms with Crippen LogP contribution >= 0.6 is 0 Å². The maximum atomic E-state index is 12.7. The topological polar surface area (TPSA) is 49.9 Å². The molecule has 4 rings (SSSR count). The van der Waals surface area contributed by atoms with Gasteiger partial charge in [0.15, 0.2) is 0 Å². The zero-order valence-electron chi connectivity index (χ0n) is 14.9. The Balaban J connectivity index is 1.48. The first-order valence-corrected chi connectivity index (χ1v) is 8.89. The van der Waals surface area contributed by atoms with Crippen molar-refractivity contribution in [1.29, 1.82) is 0 Å². The largest absolute Gasteiger partial charge is 0.497 e. The molecule has 2 saturated heterocycles. The van der Waals surface area contributed by atoms with Gasteiger partial charge >= 0.3 is 0 Å². The molecule has 1 atom stereocenters. The molecular weight excluding hydrogens is 328 g/mol. The van der Waals surface area contributed by atoms with Gasteiger partial charge in [0, 0.05) is 42.7 Å². The fourth-order valence-corrected chi connectivity index (χ4v) is 4.04. The summed E-state index contributed by atoms with van der Waals surface area (Å²) < 4.78 is 5.19. The Labute approximate surface area is 153 Å². The van der Waals surface area contributed by atoms with Gasteiger partial charge in [-0.05, 0) is 42.8 Å². The van der Waals surface area contributed by atoms with Gasteiger partial charge in [0.2, 0.25) is 5.91 Å². The third-order valence-electron chi connectivity index (χ3n) is 5.45. The molecule has 0 aromatic heterocycles. The van der Waals surface area contributed by atoms with Gasteiger partial charge in [0.25, 0.3) is 5.91 Å². The predicted molar refractivity (Wildman–Crippen MR) is 99.4 cm³/mol. The molecule has 5 nitrogen and oxygen atoms in total. The van der Waals surface area contributed by atoms with Crippen molar-refractivity contribution < 1.29 is 14.3 Å². The van der Waals surface area contributed by atoms with Gasteiger partial charge in [0.1, 0.15) is 5.75 Å². The molecule has 2 heterocycles. The van der Waals surface area contributed by atoms with Crippen LogP contribution in [0.5, 0.6) is 5.75 Å². The SMILES string of the molecule is COc1ccc(N2C[C@]3(CCN(C(=O)c4ccccc4)C3)CC2=O)cc1. The monoisotopic (exact) mass is 350 g/mol. The summed E-state index contributed by atoms with van der Waals surface area (Å²) in [5, 5.41) is 0. The summed E-state index contributed by atoms with van der Waals surface area (Å²) in [5.74, 6) is 0.956. The van der Waals surface area contributed by atoms with Crippen molar-refractivity contribution >= 4 is 17.5 Å². The summed E-state index contributed by atoms with van der Waals surface area (Å²) in [4.78, 5) is 29.1. The predicted octanol–water partition coefficient (Wildman–Crippen LogP) is 2.96. The number of nitrogens with zero attached hydrogens (tertiary/aromatic N) is 2. The van der Waals surface area contributed by atoms with Gasteiger partial charge in [-0.3, -0.25) is 9.59 Å².